The molecule has 0 spiro atoms. The molecule has 1 aliphatic heterocycles. The van der Waals surface area contributed by atoms with Gasteiger partial charge in [0.25, 0.3) is 0 Å². The highest BCUT2D eigenvalue weighted by atomic mass is 16.2. The molecule has 1 fully saturated rings. The topological polar surface area (TPSA) is 56.0 Å². The van der Waals surface area contributed by atoms with Crippen LogP contribution < -0.4 is 0 Å². The molecule has 28 heavy (non-hydrogen) atoms. The molecule has 0 N–H and O–H groups in total. The zero-order chi connectivity index (χ0) is 19.7. The maximum absolute atomic E-state index is 11.8. The molecule has 0 unspecified atom stereocenters. The summed E-state index contributed by atoms with van der Waals surface area (Å²) in [5.74, 6) is 2.99. The van der Waals surface area contributed by atoms with Crippen molar-refractivity contribution in [2.45, 2.75) is 46.7 Å². The van der Waals surface area contributed by atoms with Gasteiger partial charge in [0.2, 0.25) is 5.91 Å². The summed E-state index contributed by atoms with van der Waals surface area (Å²) in [6.45, 7) is 9.60. The van der Waals surface area contributed by atoms with Gasteiger partial charge in [0, 0.05) is 45.5 Å². The molecule has 1 saturated heterocycles. The maximum atomic E-state index is 11.8. The lowest BCUT2D eigenvalue weighted by Gasteiger charge is -2.32. The second-order valence-electron chi connectivity index (χ2n) is 8.31. The third-order valence-corrected chi connectivity index (χ3v) is 5.54. The zero-order valence-corrected chi connectivity index (χ0v) is 17.0. The highest BCUT2D eigenvalue weighted by Crippen LogP contribution is 2.27. The number of benzene rings is 1. The number of fused-ring (bicyclic) bond motifs is 1. The molecule has 6 nitrogen and oxygen atoms in total. The predicted octanol–water partition coefficient (Wildman–Crippen LogP) is 3.81. The fourth-order valence-corrected chi connectivity index (χ4v) is 4.24. The second-order valence-corrected chi connectivity index (χ2v) is 8.31. The van der Waals surface area contributed by atoms with Crippen molar-refractivity contribution in [3.63, 3.8) is 0 Å². The van der Waals surface area contributed by atoms with Crippen LogP contribution in [-0.4, -0.2) is 43.0 Å². The molecule has 0 bridgehead atoms. The van der Waals surface area contributed by atoms with E-state index < -0.39 is 0 Å². The molecule has 0 radical (unpaired) electrons. The second kappa shape index (κ2) is 7.78. The van der Waals surface area contributed by atoms with Gasteiger partial charge in [-0.25, -0.2) is 9.97 Å². The average Bonchev–Trinajstić information content (AvgIpc) is 3.26. The van der Waals surface area contributed by atoms with Crippen molar-refractivity contribution < 1.29 is 4.79 Å². The Morgan fingerprint density at radius 3 is 2.86 bits per heavy atom. The van der Waals surface area contributed by atoms with Crippen LogP contribution in [0.3, 0.4) is 0 Å². The molecule has 3 heterocycles. The number of carbonyl (C=O) groups excluding carboxylic acids is 1. The number of carbonyl (C=O) groups is 1. The Kier molecular flexibility index (Phi) is 5.20. The normalized spacial score (nSPS) is 17.6. The quantitative estimate of drug-likeness (QED) is 0.677. The minimum atomic E-state index is 0.175. The Labute approximate surface area is 166 Å². The lowest BCUT2D eigenvalue weighted by atomic mass is 9.98. The standard InChI is InChI=1S/C22H29N5O/c1-16(2)13-27-20-9-5-4-8-19(20)24-22(27)21-23-10-12-26(21)15-18-7-6-11-25(14-18)17(3)28/h4-5,8-10,12,16,18H,6-7,11,13-15H2,1-3H3/t18-/m0/s1. The summed E-state index contributed by atoms with van der Waals surface area (Å²) in [6, 6.07) is 8.29. The molecule has 0 aliphatic carbocycles. The van der Waals surface area contributed by atoms with Crippen LogP contribution in [0.2, 0.25) is 0 Å². The van der Waals surface area contributed by atoms with Gasteiger partial charge in [0.15, 0.2) is 11.6 Å². The SMILES string of the molecule is CC(=O)N1CCC[C@H](Cn2ccnc2-c2nc3ccccc3n2CC(C)C)C1. The Balaban J connectivity index is 1.66. The van der Waals surface area contributed by atoms with Crippen LogP contribution >= 0.6 is 0 Å². The van der Waals surface area contributed by atoms with Crippen molar-refractivity contribution in [2.24, 2.45) is 11.8 Å². The Morgan fingerprint density at radius 2 is 2.07 bits per heavy atom. The number of hydrogen-bond acceptors (Lipinski definition) is 3. The number of rotatable bonds is 5. The summed E-state index contributed by atoms with van der Waals surface area (Å²) in [7, 11) is 0. The molecule has 148 valence electrons. The van der Waals surface area contributed by atoms with Crippen molar-refractivity contribution in [2.75, 3.05) is 13.1 Å². The average molecular weight is 380 g/mol. The molecule has 2 aromatic heterocycles. The summed E-state index contributed by atoms with van der Waals surface area (Å²) in [5.41, 5.74) is 2.16. The van der Waals surface area contributed by atoms with E-state index >= 15 is 0 Å². The monoisotopic (exact) mass is 379 g/mol. The van der Waals surface area contributed by atoms with E-state index in [1.807, 2.05) is 23.4 Å². The third kappa shape index (κ3) is 3.68. The van der Waals surface area contributed by atoms with Crippen molar-refractivity contribution >= 4 is 16.9 Å². The van der Waals surface area contributed by atoms with Gasteiger partial charge in [-0.3, -0.25) is 4.79 Å². The van der Waals surface area contributed by atoms with Crippen LogP contribution in [-0.2, 0) is 17.9 Å². The van der Waals surface area contributed by atoms with Crippen molar-refractivity contribution in [1.82, 2.24) is 24.0 Å². The summed E-state index contributed by atoms with van der Waals surface area (Å²) < 4.78 is 4.51. The van der Waals surface area contributed by atoms with Gasteiger partial charge in [-0.1, -0.05) is 26.0 Å². The number of likely N-dealkylation sites (tertiary alicyclic amines) is 1. The molecule has 1 aromatic carbocycles. The molecular weight excluding hydrogens is 350 g/mol. The van der Waals surface area contributed by atoms with Gasteiger partial charge in [-0.15, -0.1) is 0 Å². The predicted molar refractivity (Wildman–Crippen MR) is 111 cm³/mol. The fraction of sp³-hybridized carbons (Fsp3) is 0.500. The minimum Gasteiger partial charge on any atom is -0.343 e. The first-order chi connectivity index (χ1) is 13.5. The van der Waals surface area contributed by atoms with Gasteiger partial charge in [-0.05, 0) is 36.8 Å². The van der Waals surface area contributed by atoms with Crippen LogP contribution in [0, 0.1) is 11.8 Å². The molecular formula is C22H29N5O. The maximum Gasteiger partial charge on any atom is 0.219 e. The minimum absolute atomic E-state index is 0.175. The van der Waals surface area contributed by atoms with Gasteiger partial charge in [0.1, 0.15) is 0 Å². The first kappa shape index (κ1) is 18.7. The van der Waals surface area contributed by atoms with E-state index in [1.54, 1.807) is 6.92 Å². The summed E-state index contributed by atoms with van der Waals surface area (Å²) >= 11 is 0. The number of para-hydroxylation sites is 2. The van der Waals surface area contributed by atoms with Gasteiger partial charge in [-0.2, -0.15) is 0 Å². The van der Waals surface area contributed by atoms with Crippen LogP contribution in [0.4, 0.5) is 0 Å². The summed E-state index contributed by atoms with van der Waals surface area (Å²) in [5, 5.41) is 0. The molecule has 4 rings (SSSR count). The Morgan fingerprint density at radius 1 is 1.25 bits per heavy atom. The first-order valence-electron chi connectivity index (χ1n) is 10.2. The van der Waals surface area contributed by atoms with Gasteiger partial charge in [0.05, 0.1) is 11.0 Å². The molecule has 6 heteroatoms. The molecule has 3 aromatic rings. The largest absolute Gasteiger partial charge is 0.343 e. The third-order valence-electron chi connectivity index (χ3n) is 5.54. The molecule has 1 amide bonds. The number of aromatic nitrogens is 4. The number of hydrogen-bond donors (Lipinski definition) is 0. The van der Waals surface area contributed by atoms with E-state index in [9.17, 15) is 4.79 Å². The lowest BCUT2D eigenvalue weighted by Crippen LogP contribution is -2.39. The van der Waals surface area contributed by atoms with E-state index in [-0.39, 0.29) is 5.91 Å². The van der Waals surface area contributed by atoms with E-state index in [4.69, 9.17) is 4.98 Å². The highest BCUT2D eigenvalue weighted by Gasteiger charge is 2.24. The van der Waals surface area contributed by atoms with Crippen LogP contribution in [0.15, 0.2) is 36.7 Å². The highest BCUT2D eigenvalue weighted by molar-refractivity contribution is 5.79. The van der Waals surface area contributed by atoms with Crippen molar-refractivity contribution in [1.29, 1.82) is 0 Å². The zero-order valence-electron chi connectivity index (χ0n) is 17.0. The first-order valence-corrected chi connectivity index (χ1v) is 10.2. The van der Waals surface area contributed by atoms with Crippen LogP contribution in [0.1, 0.15) is 33.6 Å². The number of piperidine rings is 1. The summed E-state index contributed by atoms with van der Waals surface area (Å²) in [4.78, 5) is 23.3. The molecule has 1 aliphatic rings. The van der Waals surface area contributed by atoms with Crippen LogP contribution in [0.5, 0.6) is 0 Å². The van der Waals surface area contributed by atoms with Crippen molar-refractivity contribution in [3.8, 4) is 11.6 Å². The van der Waals surface area contributed by atoms with Gasteiger partial charge >= 0.3 is 0 Å². The lowest BCUT2D eigenvalue weighted by molar-refractivity contribution is -0.130. The number of nitrogens with zero attached hydrogens (tertiary/aromatic N) is 5. The Hall–Kier alpha value is -2.63. The molecule has 1 atom stereocenters. The van der Waals surface area contributed by atoms with Crippen LogP contribution in [0.25, 0.3) is 22.7 Å². The Bertz CT molecular complexity index is 970. The fourth-order valence-electron chi connectivity index (χ4n) is 4.24. The van der Waals surface area contributed by atoms with Crippen molar-refractivity contribution in [3.05, 3.63) is 36.7 Å². The summed E-state index contributed by atoms with van der Waals surface area (Å²) in [6.07, 6.45) is 6.12. The van der Waals surface area contributed by atoms with E-state index in [0.29, 0.717) is 11.8 Å². The van der Waals surface area contributed by atoms with Gasteiger partial charge < -0.3 is 14.0 Å². The molecule has 0 saturated carbocycles. The van der Waals surface area contributed by atoms with E-state index in [0.717, 1.165) is 61.7 Å². The van der Waals surface area contributed by atoms with E-state index in [1.165, 1.54) is 0 Å². The smallest absolute Gasteiger partial charge is 0.219 e. The number of imidazole rings is 2. The number of amides is 1. The van der Waals surface area contributed by atoms with E-state index in [2.05, 4.69) is 46.2 Å².